The van der Waals surface area contributed by atoms with Gasteiger partial charge in [0, 0.05) is 30.2 Å². The first kappa shape index (κ1) is 14.7. The van der Waals surface area contributed by atoms with Gasteiger partial charge in [-0.05, 0) is 6.92 Å². The lowest BCUT2D eigenvalue weighted by atomic mass is 10.1. The van der Waals surface area contributed by atoms with Crippen molar-refractivity contribution in [2.75, 3.05) is 19.7 Å². The lowest BCUT2D eigenvalue weighted by molar-refractivity contribution is -0.138. The normalized spacial score (nSPS) is 20.5. The summed E-state index contributed by atoms with van der Waals surface area (Å²) in [4.78, 5) is 33.6. The van der Waals surface area contributed by atoms with Crippen LogP contribution in [0, 0.1) is 0 Å². The number of fused-ring (bicyclic) bond motifs is 1. The zero-order chi connectivity index (χ0) is 15.5. The maximum Gasteiger partial charge on any atom is 0.337 e. The summed E-state index contributed by atoms with van der Waals surface area (Å²) in [7, 11) is 0. The number of rotatable bonds is 5. The Morgan fingerprint density at radius 1 is 1.64 bits per heavy atom. The van der Waals surface area contributed by atoms with E-state index in [9.17, 15) is 9.59 Å². The fraction of sp³-hybridized carbons (Fsp3) is 0.429. The Kier molecular flexibility index (Phi) is 4.19. The Morgan fingerprint density at radius 2 is 2.50 bits per heavy atom. The van der Waals surface area contributed by atoms with Crippen LogP contribution in [0.25, 0.3) is 0 Å². The van der Waals surface area contributed by atoms with Crippen LogP contribution in [-0.2, 0) is 14.3 Å². The van der Waals surface area contributed by atoms with E-state index in [-0.39, 0.29) is 18.6 Å². The van der Waals surface area contributed by atoms with Gasteiger partial charge >= 0.3 is 5.97 Å². The van der Waals surface area contributed by atoms with Crippen LogP contribution in [0.3, 0.4) is 0 Å². The topological polar surface area (TPSA) is 83.9 Å². The summed E-state index contributed by atoms with van der Waals surface area (Å²) in [6, 6.07) is -0.0415. The van der Waals surface area contributed by atoms with Crippen molar-refractivity contribution in [3.05, 3.63) is 27.9 Å². The van der Waals surface area contributed by atoms with Crippen LogP contribution in [-0.4, -0.2) is 53.8 Å². The van der Waals surface area contributed by atoms with E-state index in [1.54, 1.807) is 13.1 Å². The minimum absolute atomic E-state index is 0.0415. The Morgan fingerprint density at radius 3 is 3.18 bits per heavy atom. The number of ether oxygens (including phenoxy) is 1. The summed E-state index contributed by atoms with van der Waals surface area (Å²) >= 11 is 1.50. The van der Waals surface area contributed by atoms with E-state index in [2.05, 4.69) is 15.3 Å². The third kappa shape index (κ3) is 2.61. The molecular weight excluding hydrogens is 304 g/mol. The second-order valence-corrected chi connectivity index (χ2v) is 5.81. The molecule has 1 aromatic rings. The van der Waals surface area contributed by atoms with Crippen molar-refractivity contribution in [3.63, 3.8) is 0 Å². The van der Waals surface area contributed by atoms with Crippen molar-refractivity contribution in [3.8, 4) is 0 Å². The average Bonchev–Trinajstić information content (AvgIpc) is 3.16. The third-order valence-corrected chi connectivity index (χ3v) is 4.38. The summed E-state index contributed by atoms with van der Waals surface area (Å²) in [6.45, 7) is 2.97. The molecule has 1 fully saturated rings. The monoisotopic (exact) mass is 320 g/mol. The lowest BCUT2D eigenvalue weighted by Crippen LogP contribution is -2.37. The van der Waals surface area contributed by atoms with Crippen molar-refractivity contribution >= 4 is 29.6 Å². The highest BCUT2D eigenvalue weighted by Gasteiger charge is 2.37. The average molecular weight is 320 g/mol. The molecule has 0 radical (unpaired) electrons. The number of thiazole rings is 1. The molecule has 116 valence electrons. The Balaban J connectivity index is 1.93. The molecule has 0 spiro atoms. The maximum absolute atomic E-state index is 12.1. The zero-order valence-electron chi connectivity index (χ0n) is 12.1. The number of hydrogen-bond donors (Lipinski definition) is 1. The fourth-order valence-corrected chi connectivity index (χ4v) is 3.35. The number of amidine groups is 1. The molecule has 7 nitrogen and oxygen atoms in total. The van der Waals surface area contributed by atoms with Crippen LogP contribution in [0.4, 0.5) is 0 Å². The smallest absolute Gasteiger partial charge is 0.337 e. The number of aliphatic imine (C=N–C) groups is 1. The van der Waals surface area contributed by atoms with Gasteiger partial charge in [-0.25, -0.2) is 9.78 Å². The molecule has 3 rings (SSSR count). The number of nitrogens with one attached hydrogen (secondary N) is 1. The summed E-state index contributed by atoms with van der Waals surface area (Å²) in [5.74, 6) is 0.421. The van der Waals surface area contributed by atoms with E-state index >= 15 is 0 Å². The summed E-state index contributed by atoms with van der Waals surface area (Å²) in [5.41, 5.74) is 1.44. The van der Waals surface area contributed by atoms with Gasteiger partial charge in [-0.15, -0.1) is 11.3 Å². The number of amides is 1. The highest BCUT2D eigenvalue weighted by atomic mass is 32.1. The van der Waals surface area contributed by atoms with Gasteiger partial charge in [0.15, 0.2) is 10.8 Å². The third-order valence-electron chi connectivity index (χ3n) is 3.61. The number of nitrogens with zero attached hydrogens (tertiary/aromatic N) is 3. The van der Waals surface area contributed by atoms with Gasteiger partial charge in [-0.3, -0.25) is 9.79 Å². The van der Waals surface area contributed by atoms with Gasteiger partial charge in [-0.1, -0.05) is 0 Å². The first-order valence-electron chi connectivity index (χ1n) is 7.05. The molecule has 0 aromatic carbocycles. The van der Waals surface area contributed by atoms with Crippen LogP contribution in [0.1, 0.15) is 18.4 Å². The molecule has 1 saturated heterocycles. The number of carbonyl (C=O) groups is 2. The van der Waals surface area contributed by atoms with E-state index < -0.39 is 0 Å². The molecule has 1 amide bonds. The van der Waals surface area contributed by atoms with Gasteiger partial charge < -0.3 is 15.0 Å². The zero-order valence-corrected chi connectivity index (χ0v) is 12.9. The van der Waals surface area contributed by atoms with Crippen LogP contribution in [0.5, 0.6) is 0 Å². The summed E-state index contributed by atoms with van der Waals surface area (Å²) in [5, 5.41) is 5.48. The van der Waals surface area contributed by atoms with Crippen LogP contribution < -0.4 is 5.32 Å². The van der Waals surface area contributed by atoms with E-state index in [0.29, 0.717) is 31.6 Å². The van der Waals surface area contributed by atoms with E-state index in [4.69, 9.17) is 4.74 Å². The number of hydrogen-bond acceptors (Lipinski definition) is 7. The first-order chi connectivity index (χ1) is 10.7. The van der Waals surface area contributed by atoms with Crippen LogP contribution >= 0.6 is 11.3 Å². The minimum Gasteiger partial charge on any atom is -0.463 e. The Bertz CT molecular complexity index is 639. The molecule has 2 aliphatic rings. The maximum atomic E-state index is 12.1. The Labute approximate surface area is 131 Å². The van der Waals surface area contributed by atoms with Gasteiger partial charge in [0.2, 0.25) is 6.41 Å². The molecule has 0 unspecified atom stereocenters. The van der Waals surface area contributed by atoms with Crippen LogP contribution in [0.15, 0.2) is 27.8 Å². The largest absolute Gasteiger partial charge is 0.463 e. The molecule has 2 aliphatic heterocycles. The summed E-state index contributed by atoms with van der Waals surface area (Å²) < 4.78 is 5.12. The molecule has 0 saturated carbocycles. The highest BCUT2D eigenvalue weighted by molar-refractivity contribution is 7.11. The van der Waals surface area contributed by atoms with E-state index in [1.165, 1.54) is 11.3 Å². The standard InChI is InChI=1S/C14H16N4O3S/c1-2-21-14(20)10-6-16-12(13-15-3-4-22-13)18-7-9(17-8-19)5-11(10)18/h3-4,8-9H,2,5-7H2,1H3,(H,17,19)/t9-/m0/s1. The van der Waals surface area contributed by atoms with Crippen molar-refractivity contribution in [2.24, 2.45) is 4.99 Å². The Hall–Kier alpha value is -2.22. The molecule has 3 heterocycles. The molecule has 22 heavy (non-hydrogen) atoms. The molecular formula is C14H16N4O3S. The van der Waals surface area contributed by atoms with Gasteiger partial charge in [-0.2, -0.15) is 0 Å². The van der Waals surface area contributed by atoms with Crippen molar-refractivity contribution < 1.29 is 14.3 Å². The minimum atomic E-state index is -0.337. The quantitative estimate of drug-likeness (QED) is 0.632. The van der Waals surface area contributed by atoms with E-state index in [0.717, 1.165) is 16.5 Å². The molecule has 0 aliphatic carbocycles. The molecule has 1 N–H and O–H groups in total. The lowest BCUT2D eigenvalue weighted by Gasteiger charge is -2.26. The summed E-state index contributed by atoms with van der Waals surface area (Å²) in [6.07, 6.45) is 3.01. The van der Waals surface area contributed by atoms with Crippen molar-refractivity contribution in [1.82, 2.24) is 15.2 Å². The van der Waals surface area contributed by atoms with Gasteiger partial charge in [0.05, 0.1) is 24.8 Å². The predicted molar refractivity (Wildman–Crippen MR) is 81.5 cm³/mol. The highest BCUT2D eigenvalue weighted by Crippen LogP contribution is 2.31. The second-order valence-electron chi connectivity index (χ2n) is 4.92. The second kappa shape index (κ2) is 6.27. The molecule has 0 bridgehead atoms. The van der Waals surface area contributed by atoms with Gasteiger partial charge in [0.1, 0.15) is 0 Å². The first-order valence-corrected chi connectivity index (χ1v) is 7.93. The van der Waals surface area contributed by atoms with Crippen LogP contribution in [0.2, 0.25) is 0 Å². The fourth-order valence-electron chi connectivity index (χ4n) is 2.70. The van der Waals surface area contributed by atoms with E-state index in [1.807, 2.05) is 10.3 Å². The molecule has 8 heteroatoms. The van der Waals surface area contributed by atoms with Crippen molar-refractivity contribution in [1.29, 1.82) is 0 Å². The van der Waals surface area contributed by atoms with Gasteiger partial charge in [0.25, 0.3) is 0 Å². The van der Waals surface area contributed by atoms with Crippen molar-refractivity contribution in [2.45, 2.75) is 19.4 Å². The number of esters is 1. The number of aromatic nitrogens is 1. The molecule has 1 atom stereocenters. The molecule has 1 aromatic heterocycles. The SMILES string of the molecule is CCOC(=O)C1=C2C[C@H](NC=O)CN2C(c2nccs2)=NC1. The number of carbonyl (C=O) groups excluding carboxylic acids is 2. The predicted octanol–water partition coefficient (Wildman–Crippen LogP) is 0.541.